The Labute approximate surface area is 207 Å². The van der Waals surface area contributed by atoms with Crippen LogP contribution in [-0.4, -0.2) is 56.7 Å². The van der Waals surface area contributed by atoms with Crippen molar-refractivity contribution in [2.75, 3.05) is 31.1 Å². The highest BCUT2D eigenvalue weighted by Crippen LogP contribution is 2.31. The first kappa shape index (κ1) is 22.6. The molecule has 1 amide bonds. The Hall–Kier alpha value is -3.16. The number of anilines is 1. The van der Waals surface area contributed by atoms with E-state index in [2.05, 4.69) is 4.90 Å². The highest BCUT2D eigenvalue weighted by atomic mass is 35.5. The molecule has 7 nitrogen and oxygen atoms in total. The van der Waals surface area contributed by atoms with Crippen molar-refractivity contribution in [1.82, 2.24) is 24.6 Å². The van der Waals surface area contributed by atoms with Gasteiger partial charge in [-0.25, -0.2) is 14.6 Å². The maximum absolute atomic E-state index is 13.0. The molecule has 1 saturated heterocycles. The fourth-order valence-electron chi connectivity index (χ4n) is 4.31. The number of halogens is 2. The topological polar surface area (TPSA) is 67.2 Å². The minimum atomic E-state index is -0.0462. The quantitative estimate of drug-likeness (QED) is 0.401. The van der Waals surface area contributed by atoms with E-state index in [4.69, 9.17) is 38.3 Å². The van der Waals surface area contributed by atoms with Crippen LogP contribution in [0.3, 0.4) is 0 Å². The van der Waals surface area contributed by atoms with Gasteiger partial charge in [0.25, 0.3) is 5.91 Å². The smallest absolute Gasteiger partial charge is 0.255 e. The van der Waals surface area contributed by atoms with Crippen molar-refractivity contribution in [2.24, 2.45) is 0 Å². The molecule has 0 unspecified atom stereocenters. The molecule has 174 valence electrons. The van der Waals surface area contributed by atoms with Gasteiger partial charge in [-0.1, -0.05) is 54.4 Å². The minimum absolute atomic E-state index is 0.0462. The lowest BCUT2D eigenvalue weighted by Gasteiger charge is -2.36. The summed E-state index contributed by atoms with van der Waals surface area (Å²) in [5.41, 5.74) is 2.89. The molecule has 0 aliphatic carbocycles. The monoisotopic (exact) mass is 494 g/mol. The van der Waals surface area contributed by atoms with E-state index in [9.17, 15) is 4.79 Å². The number of hydrogen-bond donors (Lipinski definition) is 0. The first-order chi connectivity index (χ1) is 16.5. The van der Waals surface area contributed by atoms with E-state index in [0.29, 0.717) is 48.2 Å². The Balaban J connectivity index is 1.48. The van der Waals surface area contributed by atoms with Crippen molar-refractivity contribution < 1.29 is 4.79 Å². The molecular formula is C25H24Cl2N6O. The van der Waals surface area contributed by atoms with Gasteiger partial charge >= 0.3 is 0 Å². The van der Waals surface area contributed by atoms with Crippen LogP contribution in [0, 0.1) is 6.92 Å². The van der Waals surface area contributed by atoms with Gasteiger partial charge in [0.1, 0.15) is 11.6 Å². The molecule has 2 aromatic carbocycles. The van der Waals surface area contributed by atoms with Gasteiger partial charge in [-0.2, -0.15) is 5.10 Å². The Kier molecular flexibility index (Phi) is 6.15. The van der Waals surface area contributed by atoms with Crippen molar-refractivity contribution in [3.63, 3.8) is 0 Å². The van der Waals surface area contributed by atoms with Gasteiger partial charge in [0.15, 0.2) is 5.65 Å². The second-order valence-electron chi connectivity index (χ2n) is 8.22. The fraction of sp³-hybridized carbons (Fsp3) is 0.280. The van der Waals surface area contributed by atoms with E-state index in [1.54, 1.807) is 16.8 Å². The van der Waals surface area contributed by atoms with Gasteiger partial charge in [0.2, 0.25) is 0 Å². The van der Waals surface area contributed by atoms with Crippen LogP contribution in [0.4, 0.5) is 5.82 Å². The molecule has 9 heteroatoms. The van der Waals surface area contributed by atoms with Gasteiger partial charge in [-0.15, -0.1) is 0 Å². The van der Waals surface area contributed by atoms with Crippen LogP contribution in [-0.2, 0) is 6.42 Å². The number of nitrogens with zero attached hydrogens (tertiary/aromatic N) is 6. The minimum Gasteiger partial charge on any atom is -0.352 e. The molecule has 34 heavy (non-hydrogen) atoms. The number of rotatable bonds is 4. The average molecular weight is 495 g/mol. The molecule has 1 aliphatic rings. The van der Waals surface area contributed by atoms with E-state index in [0.717, 1.165) is 34.1 Å². The zero-order valence-electron chi connectivity index (χ0n) is 19.0. The van der Waals surface area contributed by atoms with Crippen LogP contribution in [0.1, 0.15) is 28.8 Å². The normalized spacial score (nSPS) is 14.1. The number of para-hydroxylation sites is 1. The number of aryl methyl sites for hydroxylation is 2. The zero-order chi connectivity index (χ0) is 23.8. The summed E-state index contributed by atoms with van der Waals surface area (Å²) in [6, 6.07) is 14.8. The Morgan fingerprint density at radius 1 is 0.941 bits per heavy atom. The van der Waals surface area contributed by atoms with Crippen LogP contribution >= 0.6 is 23.2 Å². The summed E-state index contributed by atoms with van der Waals surface area (Å²) in [7, 11) is 0. The number of hydrogen-bond acceptors (Lipinski definition) is 5. The zero-order valence-corrected chi connectivity index (χ0v) is 20.5. The molecule has 0 saturated carbocycles. The number of fused-ring (bicyclic) bond motifs is 1. The van der Waals surface area contributed by atoms with Crippen molar-refractivity contribution in [3.8, 4) is 5.69 Å². The lowest BCUT2D eigenvalue weighted by Crippen LogP contribution is -2.49. The summed E-state index contributed by atoms with van der Waals surface area (Å²) in [5, 5.41) is 6.76. The number of aromatic nitrogens is 4. The first-order valence-electron chi connectivity index (χ1n) is 11.3. The molecule has 0 N–H and O–H groups in total. The molecular weight excluding hydrogens is 471 g/mol. The maximum atomic E-state index is 13.0. The number of benzene rings is 2. The standard InChI is InChI=1S/C25H24Cl2N6O/c1-3-21-28-23(22-16(2)30-33(24(22)29-21)20-11-7-6-10-19(20)27)31-12-14-32(15-13-31)25(34)17-8-4-5-9-18(17)26/h4-11H,3,12-15H2,1-2H3. The molecule has 5 rings (SSSR count). The number of amides is 1. The summed E-state index contributed by atoms with van der Waals surface area (Å²) in [6.45, 7) is 6.47. The Morgan fingerprint density at radius 2 is 1.62 bits per heavy atom. The molecule has 0 spiro atoms. The van der Waals surface area contributed by atoms with Gasteiger partial charge in [0.05, 0.1) is 32.4 Å². The first-order valence-corrected chi connectivity index (χ1v) is 12.0. The van der Waals surface area contributed by atoms with Crippen molar-refractivity contribution in [1.29, 1.82) is 0 Å². The summed E-state index contributed by atoms with van der Waals surface area (Å²) < 4.78 is 1.80. The molecule has 1 fully saturated rings. The van der Waals surface area contributed by atoms with Crippen molar-refractivity contribution >= 4 is 46.0 Å². The van der Waals surface area contributed by atoms with E-state index >= 15 is 0 Å². The lowest BCUT2D eigenvalue weighted by atomic mass is 10.1. The van der Waals surface area contributed by atoms with E-state index < -0.39 is 0 Å². The summed E-state index contributed by atoms with van der Waals surface area (Å²) >= 11 is 12.7. The third-order valence-corrected chi connectivity index (χ3v) is 6.75. The van der Waals surface area contributed by atoms with E-state index in [1.165, 1.54) is 0 Å². The molecule has 3 heterocycles. The van der Waals surface area contributed by atoms with Crippen LogP contribution in [0.25, 0.3) is 16.7 Å². The number of piperazine rings is 1. The van der Waals surface area contributed by atoms with Crippen molar-refractivity contribution in [2.45, 2.75) is 20.3 Å². The summed E-state index contributed by atoms with van der Waals surface area (Å²) in [4.78, 5) is 26.7. The van der Waals surface area contributed by atoms with E-state index in [-0.39, 0.29) is 5.91 Å². The van der Waals surface area contributed by atoms with Gasteiger partial charge in [-0.05, 0) is 31.2 Å². The van der Waals surface area contributed by atoms with Gasteiger partial charge in [-0.3, -0.25) is 4.79 Å². The summed E-state index contributed by atoms with van der Waals surface area (Å²) in [6.07, 6.45) is 0.695. The Morgan fingerprint density at radius 3 is 2.29 bits per heavy atom. The SMILES string of the molecule is CCc1nc(N2CCN(C(=O)c3ccccc3Cl)CC2)c2c(C)nn(-c3ccccc3Cl)c2n1. The summed E-state index contributed by atoms with van der Waals surface area (Å²) in [5.74, 6) is 1.54. The van der Waals surface area contributed by atoms with Crippen LogP contribution in [0.2, 0.25) is 10.0 Å². The average Bonchev–Trinajstić information content (AvgIpc) is 3.19. The number of carbonyl (C=O) groups is 1. The van der Waals surface area contributed by atoms with Gasteiger partial charge in [0, 0.05) is 32.6 Å². The molecule has 0 bridgehead atoms. The molecule has 2 aromatic heterocycles. The third kappa shape index (κ3) is 3.99. The lowest BCUT2D eigenvalue weighted by molar-refractivity contribution is 0.0747. The van der Waals surface area contributed by atoms with Crippen molar-refractivity contribution in [3.05, 3.63) is 75.7 Å². The highest BCUT2D eigenvalue weighted by Gasteiger charge is 2.27. The molecule has 4 aromatic rings. The van der Waals surface area contributed by atoms with Crippen LogP contribution in [0.15, 0.2) is 48.5 Å². The Bertz CT molecular complexity index is 1380. The predicted molar refractivity (Wildman–Crippen MR) is 135 cm³/mol. The highest BCUT2D eigenvalue weighted by molar-refractivity contribution is 6.33. The fourth-order valence-corrected chi connectivity index (χ4v) is 4.74. The second-order valence-corrected chi connectivity index (χ2v) is 9.04. The maximum Gasteiger partial charge on any atom is 0.255 e. The van der Waals surface area contributed by atoms with Crippen LogP contribution < -0.4 is 4.90 Å². The molecule has 1 aliphatic heterocycles. The molecule has 0 atom stereocenters. The number of carbonyl (C=O) groups excluding carboxylic acids is 1. The molecule has 0 radical (unpaired) electrons. The largest absolute Gasteiger partial charge is 0.352 e. The second kappa shape index (κ2) is 9.24. The van der Waals surface area contributed by atoms with E-state index in [1.807, 2.05) is 55.1 Å². The predicted octanol–water partition coefficient (Wildman–Crippen LogP) is 4.96. The van der Waals surface area contributed by atoms with Crippen LogP contribution in [0.5, 0.6) is 0 Å². The van der Waals surface area contributed by atoms with Gasteiger partial charge < -0.3 is 9.80 Å². The third-order valence-electron chi connectivity index (χ3n) is 6.10.